The number of carbonyl (C=O) groups is 1. The van der Waals surface area contributed by atoms with Gasteiger partial charge in [-0.05, 0) is 69.4 Å². The van der Waals surface area contributed by atoms with Crippen LogP contribution in [0.4, 0.5) is 0 Å². The summed E-state index contributed by atoms with van der Waals surface area (Å²) < 4.78 is 3.76. The van der Waals surface area contributed by atoms with Gasteiger partial charge in [0.2, 0.25) is 0 Å². The zero-order valence-corrected chi connectivity index (χ0v) is 22.9. The number of aromatic nitrogens is 3. The van der Waals surface area contributed by atoms with E-state index in [1.54, 1.807) is 28.0 Å². The Morgan fingerprint density at radius 3 is 2.71 bits per heavy atom. The lowest BCUT2D eigenvalue weighted by Crippen LogP contribution is -2.23. The number of thioether (sulfide) groups is 1. The van der Waals surface area contributed by atoms with Crippen LogP contribution in [-0.4, -0.2) is 25.7 Å². The molecule has 5 rings (SSSR count). The fourth-order valence-corrected chi connectivity index (χ4v) is 7.37. The quantitative estimate of drug-likeness (QED) is 0.142. The van der Waals surface area contributed by atoms with E-state index >= 15 is 0 Å². The van der Waals surface area contributed by atoms with Crippen LogP contribution in [0.1, 0.15) is 52.0 Å². The van der Waals surface area contributed by atoms with Gasteiger partial charge in [-0.2, -0.15) is 0 Å². The molecule has 0 aliphatic heterocycles. The van der Waals surface area contributed by atoms with Crippen molar-refractivity contribution in [1.29, 1.82) is 0 Å². The first kappa shape index (κ1) is 24.6. The number of nitrogens with zero attached hydrogens (tertiary/aromatic N) is 3. The van der Waals surface area contributed by atoms with Crippen molar-refractivity contribution in [3.8, 4) is 5.69 Å². The lowest BCUT2D eigenvalue weighted by molar-refractivity contribution is 0.102. The van der Waals surface area contributed by atoms with Crippen LogP contribution in [0.3, 0.4) is 0 Å². The summed E-state index contributed by atoms with van der Waals surface area (Å²) in [5.41, 5.74) is 4.51. The zero-order valence-electron chi connectivity index (χ0n) is 19.8. The number of thiophene rings is 1. The van der Waals surface area contributed by atoms with Gasteiger partial charge >= 0.3 is 0 Å². The van der Waals surface area contributed by atoms with Gasteiger partial charge in [0, 0.05) is 34.1 Å². The highest BCUT2D eigenvalue weighted by Gasteiger charge is 2.24. The summed E-state index contributed by atoms with van der Waals surface area (Å²) in [6, 6.07) is 7.34. The van der Waals surface area contributed by atoms with E-state index in [0.717, 1.165) is 53.0 Å². The molecule has 182 valence electrons. The van der Waals surface area contributed by atoms with Gasteiger partial charge in [-0.25, -0.2) is 4.98 Å². The van der Waals surface area contributed by atoms with E-state index in [2.05, 4.69) is 0 Å². The van der Waals surface area contributed by atoms with Gasteiger partial charge in [0.25, 0.3) is 5.56 Å². The predicted molar refractivity (Wildman–Crippen MR) is 147 cm³/mol. The molecule has 0 saturated carbocycles. The third-order valence-corrected chi connectivity index (χ3v) is 9.36. The van der Waals surface area contributed by atoms with E-state index in [4.69, 9.17) is 28.2 Å². The molecule has 0 atom stereocenters. The molecular weight excluding hydrogens is 521 g/mol. The van der Waals surface area contributed by atoms with E-state index < -0.39 is 0 Å². The molecule has 9 heteroatoms. The molecule has 0 saturated heterocycles. The average Bonchev–Trinajstić information content (AvgIpc) is 3.49. The average molecular weight is 547 g/mol. The summed E-state index contributed by atoms with van der Waals surface area (Å²) in [5.74, 6) is 0.207. The number of Topliss-reactive ketones (excluding diaryl/α,β-unsaturated/α-hetero) is 1. The highest BCUT2D eigenvalue weighted by Crippen LogP contribution is 2.36. The Bertz CT molecular complexity index is 1530. The summed E-state index contributed by atoms with van der Waals surface area (Å²) in [6.45, 7) is 6.53. The van der Waals surface area contributed by atoms with Crippen molar-refractivity contribution in [3.63, 3.8) is 0 Å². The first-order valence-corrected chi connectivity index (χ1v) is 14.2. The maximum absolute atomic E-state index is 13.4. The molecule has 3 heterocycles. The van der Waals surface area contributed by atoms with Crippen molar-refractivity contribution in [2.75, 3.05) is 5.75 Å². The Morgan fingerprint density at radius 1 is 1.17 bits per heavy atom. The van der Waals surface area contributed by atoms with Crippen LogP contribution < -0.4 is 5.56 Å². The second-order valence-electron chi connectivity index (χ2n) is 8.82. The van der Waals surface area contributed by atoms with Gasteiger partial charge in [-0.3, -0.25) is 14.2 Å². The number of halogens is 2. The lowest BCUT2D eigenvalue weighted by Gasteiger charge is -2.12. The van der Waals surface area contributed by atoms with Gasteiger partial charge < -0.3 is 4.57 Å². The smallest absolute Gasteiger partial charge is 0.263 e. The number of carbonyl (C=O) groups excluding carboxylic acids is 1. The number of fused-ring (bicyclic) bond motifs is 3. The van der Waals surface area contributed by atoms with Crippen LogP contribution in [0, 0.1) is 13.8 Å². The maximum atomic E-state index is 13.4. The van der Waals surface area contributed by atoms with E-state index in [1.807, 2.05) is 37.5 Å². The van der Waals surface area contributed by atoms with Crippen LogP contribution in [0.15, 0.2) is 34.2 Å². The van der Waals surface area contributed by atoms with Crippen LogP contribution in [-0.2, 0) is 19.4 Å². The second kappa shape index (κ2) is 9.77. The van der Waals surface area contributed by atoms with Crippen LogP contribution in [0.2, 0.25) is 10.0 Å². The van der Waals surface area contributed by atoms with E-state index in [9.17, 15) is 9.59 Å². The monoisotopic (exact) mass is 545 g/mol. The molecule has 0 spiro atoms. The van der Waals surface area contributed by atoms with Crippen molar-refractivity contribution in [2.24, 2.45) is 0 Å². The molecule has 0 radical (unpaired) electrons. The van der Waals surface area contributed by atoms with Crippen molar-refractivity contribution in [1.82, 2.24) is 14.1 Å². The van der Waals surface area contributed by atoms with E-state index in [1.165, 1.54) is 22.2 Å². The summed E-state index contributed by atoms with van der Waals surface area (Å²) >= 11 is 15.3. The van der Waals surface area contributed by atoms with E-state index in [-0.39, 0.29) is 17.1 Å². The van der Waals surface area contributed by atoms with Gasteiger partial charge in [0.1, 0.15) is 4.83 Å². The highest BCUT2D eigenvalue weighted by atomic mass is 35.5. The first-order valence-electron chi connectivity index (χ1n) is 11.7. The Balaban J connectivity index is 1.45. The standard InChI is InChI=1S/C26H25Cl2N3O2S2/c1-4-10-30-25(33)23-17-6-5-7-22(17)35-24(23)29-26(30)34-13-21(32)18-11-14(2)31(15(18)3)16-8-9-19(27)20(28)12-16/h8-9,11-12H,4-7,10,13H2,1-3H3. The summed E-state index contributed by atoms with van der Waals surface area (Å²) in [7, 11) is 0. The van der Waals surface area contributed by atoms with E-state index in [0.29, 0.717) is 27.3 Å². The Morgan fingerprint density at radius 2 is 1.97 bits per heavy atom. The fourth-order valence-electron chi connectivity index (χ4n) is 4.86. The topological polar surface area (TPSA) is 56.9 Å². The number of aryl methyl sites for hydroxylation is 3. The van der Waals surface area contributed by atoms with Crippen LogP contribution >= 0.6 is 46.3 Å². The summed E-state index contributed by atoms with van der Waals surface area (Å²) in [5, 5.41) is 2.37. The normalized spacial score (nSPS) is 13.1. The number of rotatable bonds is 7. The number of ketones is 1. The molecule has 1 aliphatic carbocycles. The van der Waals surface area contributed by atoms with Gasteiger partial charge in [-0.15, -0.1) is 11.3 Å². The Hall–Kier alpha value is -2.06. The highest BCUT2D eigenvalue weighted by molar-refractivity contribution is 7.99. The number of hydrogen-bond donors (Lipinski definition) is 0. The molecule has 0 unspecified atom stereocenters. The van der Waals surface area contributed by atoms with Crippen molar-refractivity contribution in [2.45, 2.75) is 58.2 Å². The maximum Gasteiger partial charge on any atom is 0.263 e. The van der Waals surface area contributed by atoms with Gasteiger partial charge in [0.15, 0.2) is 10.9 Å². The van der Waals surface area contributed by atoms with Crippen LogP contribution in [0.5, 0.6) is 0 Å². The number of hydrogen-bond acceptors (Lipinski definition) is 5. The molecule has 0 fully saturated rings. The largest absolute Gasteiger partial charge is 0.318 e. The molecule has 35 heavy (non-hydrogen) atoms. The van der Waals surface area contributed by atoms with Crippen molar-refractivity contribution < 1.29 is 4.79 Å². The summed E-state index contributed by atoms with van der Waals surface area (Å²) in [6.07, 6.45) is 3.92. The van der Waals surface area contributed by atoms with Gasteiger partial charge in [0.05, 0.1) is 21.2 Å². The molecule has 0 N–H and O–H groups in total. The molecule has 5 nitrogen and oxygen atoms in total. The molecule has 0 amide bonds. The second-order valence-corrected chi connectivity index (χ2v) is 11.7. The minimum atomic E-state index is 0.000443. The molecule has 1 aliphatic rings. The molecule has 0 bridgehead atoms. The molecule has 3 aromatic heterocycles. The Kier molecular flexibility index (Phi) is 6.87. The first-order chi connectivity index (χ1) is 16.8. The zero-order chi connectivity index (χ0) is 24.9. The third kappa shape index (κ3) is 4.37. The Labute approximate surface area is 222 Å². The minimum Gasteiger partial charge on any atom is -0.318 e. The fraction of sp³-hybridized carbons (Fsp3) is 0.346. The lowest BCUT2D eigenvalue weighted by atomic mass is 10.2. The molecule has 1 aromatic carbocycles. The van der Waals surface area contributed by atoms with Crippen LogP contribution in [0.25, 0.3) is 15.9 Å². The minimum absolute atomic E-state index is 0.000443. The van der Waals surface area contributed by atoms with Crippen molar-refractivity contribution >= 4 is 62.3 Å². The van der Waals surface area contributed by atoms with Gasteiger partial charge in [-0.1, -0.05) is 41.9 Å². The SMILES string of the molecule is CCCn1c(SCC(=O)c2cc(C)n(-c3ccc(Cl)c(Cl)c3)c2C)nc2sc3c(c2c1=O)CCC3. The predicted octanol–water partition coefficient (Wildman–Crippen LogP) is 7.05. The molecular formula is C26H25Cl2N3O2S2. The third-order valence-electron chi connectivity index (χ3n) is 6.46. The summed E-state index contributed by atoms with van der Waals surface area (Å²) in [4.78, 5) is 33.6. The van der Waals surface area contributed by atoms with Crippen molar-refractivity contribution in [3.05, 3.63) is 72.1 Å². The molecule has 4 aromatic rings. The number of benzene rings is 1.